The Morgan fingerprint density at radius 2 is 1.95 bits per heavy atom. The van der Waals surface area contributed by atoms with Crippen molar-refractivity contribution in [3.63, 3.8) is 0 Å². The van der Waals surface area contributed by atoms with E-state index in [0.717, 1.165) is 0 Å². The van der Waals surface area contributed by atoms with Crippen LogP contribution in [-0.2, 0) is 11.3 Å². The van der Waals surface area contributed by atoms with Gasteiger partial charge in [0.2, 0.25) is 5.91 Å². The van der Waals surface area contributed by atoms with Crippen molar-refractivity contribution < 1.29 is 14.5 Å². The number of nitrogens with one attached hydrogen (secondary N) is 1. The van der Waals surface area contributed by atoms with Crippen LogP contribution in [0.25, 0.3) is 0 Å². The van der Waals surface area contributed by atoms with Gasteiger partial charge in [0.15, 0.2) is 5.78 Å². The molecule has 114 valence electrons. The Kier molecular flexibility index (Phi) is 4.62. The molecule has 0 saturated carbocycles. The minimum atomic E-state index is -0.590. The highest BCUT2D eigenvalue weighted by atomic mass is 16.6. The second kappa shape index (κ2) is 6.61. The zero-order valence-corrected chi connectivity index (χ0v) is 11.9. The van der Waals surface area contributed by atoms with Crippen molar-refractivity contribution in [2.75, 3.05) is 5.32 Å². The van der Waals surface area contributed by atoms with Crippen molar-refractivity contribution >= 4 is 23.2 Å². The average Bonchev–Trinajstić information content (AvgIpc) is 2.95. The van der Waals surface area contributed by atoms with Gasteiger partial charge in [0.25, 0.3) is 0 Å². The number of carbonyl (C=O) groups excluding carboxylic acids is 2. The number of ketones is 1. The van der Waals surface area contributed by atoms with Crippen LogP contribution in [0.5, 0.6) is 0 Å². The standard InChI is InChI=1S/C14H14N4O4/c1-10(19)11-2-4-12(5-3-11)15-14(20)7-9-17-8-6-13(16-17)18(21)22/h2-6,8H,7,9H2,1H3,(H,15,20). The normalized spacial score (nSPS) is 10.2. The Hall–Kier alpha value is -3.03. The van der Waals surface area contributed by atoms with Crippen molar-refractivity contribution in [2.45, 2.75) is 19.9 Å². The predicted octanol–water partition coefficient (Wildman–Crippen LogP) is 2.02. The van der Waals surface area contributed by atoms with E-state index in [1.807, 2.05) is 0 Å². The first-order valence-corrected chi connectivity index (χ1v) is 6.54. The molecule has 8 nitrogen and oxygen atoms in total. The molecule has 0 saturated heterocycles. The van der Waals surface area contributed by atoms with E-state index < -0.39 is 4.92 Å². The Bertz CT molecular complexity index is 706. The highest BCUT2D eigenvalue weighted by Gasteiger charge is 2.12. The maximum atomic E-state index is 11.8. The summed E-state index contributed by atoms with van der Waals surface area (Å²) in [5.41, 5.74) is 1.16. The van der Waals surface area contributed by atoms with Crippen LogP contribution in [0.2, 0.25) is 0 Å². The molecule has 0 fully saturated rings. The largest absolute Gasteiger partial charge is 0.389 e. The van der Waals surface area contributed by atoms with Gasteiger partial charge in [-0.15, -0.1) is 0 Å². The Morgan fingerprint density at radius 3 is 2.50 bits per heavy atom. The number of carbonyl (C=O) groups is 2. The molecular formula is C14H14N4O4. The summed E-state index contributed by atoms with van der Waals surface area (Å²) in [7, 11) is 0. The topological polar surface area (TPSA) is 107 Å². The summed E-state index contributed by atoms with van der Waals surface area (Å²) < 4.78 is 1.34. The minimum Gasteiger partial charge on any atom is -0.358 e. The summed E-state index contributed by atoms with van der Waals surface area (Å²) in [4.78, 5) is 32.8. The van der Waals surface area contributed by atoms with Crippen LogP contribution in [0.3, 0.4) is 0 Å². The molecule has 1 aromatic carbocycles. The summed E-state index contributed by atoms with van der Waals surface area (Å²) in [6.45, 7) is 1.71. The number of aromatic nitrogens is 2. The number of aryl methyl sites for hydroxylation is 1. The second-order valence-electron chi connectivity index (χ2n) is 4.63. The molecule has 1 amide bonds. The average molecular weight is 302 g/mol. The fraction of sp³-hybridized carbons (Fsp3) is 0.214. The van der Waals surface area contributed by atoms with Gasteiger partial charge in [0, 0.05) is 17.7 Å². The first-order chi connectivity index (χ1) is 10.5. The quantitative estimate of drug-likeness (QED) is 0.499. The lowest BCUT2D eigenvalue weighted by atomic mass is 10.1. The van der Waals surface area contributed by atoms with E-state index in [0.29, 0.717) is 11.3 Å². The molecule has 22 heavy (non-hydrogen) atoms. The first-order valence-electron chi connectivity index (χ1n) is 6.54. The van der Waals surface area contributed by atoms with Crippen LogP contribution in [-0.4, -0.2) is 26.4 Å². The maximum Gasteiger partial charge on any atom is 0.389 e. The Labute approximate surface area is 125 Å². The number of nitrogens with zero attached hydrogens (tertiary/aromatic N) is 3. The van der Waals surface area contributed by atoms with Gasteiger partial charge in [-0.25, -0.2) is 0 Å². The Balaban J connectivity index is 1.87. The summed E-state index contributed by atoms with van der Waals surface area (Å²) >= 11 is 0. The van der Waals surface area contributed by atoms with Crippen LogP contribution >= 0.6 is 0 Å². The monoisotopic (exact) mass is 302 g/mol. The van der Waals surface area contributed by atoms with Crippen LogP contribution in [0.4, 0.5) is 11.5 Å². The fourth-order valence-electron chi connectivity index (χ4n) is 1.80. The number of rotatable bonds is 6. The van der Waals surface area contributed by atoms with Gasteiger partial charge in [0.05, 0.1) is 23.9 Å². The van der Waals surface area contributed by atoms with Crippen LogP contribution in [0.15, 0.2) is 36.5 Å². The molecule has 1 aromatic heterocycles. The molecule has 0 unspecified atom stereocenters. The number of amides is 1. The highest BCUT2D eigenvalue weighted by molar-refractivity contribution is 5.95. The van der Waals surface area contributed by atoms with Crippen molar-refractivity contribution in [1.82, 2.24) is 9.78 Å². The molecular weight excluding hydrogens is 288 g/mol. The van der Waals surface area contributed by atoms with Gasteiger partial charge in [0.1, 0.15) is 0 Å². The third-order valence-corrected chi connectivity index (χ3v) is 2.96. The summed E-state index contributed by atoms with van der Waals surface area (Å²) in [5, 5.41) is 16.9. The van der Waals surface area contributed by atoms with E-state index in [-0.39, 0.29) is 30.5 Å². The molecule has 0 atom stereocenters. The van der Waals surface area contributed by atoms with Gasteiger partial charge >= 0.3 is 5.82 Å². The number of nitro groups is 1. The molecule has 0 aliphatic heterocycles. The number of Topliss-reactive ketones (excluding diaryl/α,β-unsaturated/α-hetero) is 1. The lowest BCUT2D eigenvalue weighted by Gasteiger charge is -2.05. The summed E-state index contributed by atoms with van der Waals surface area (Å²) in [5.74, 6) is -0.535. The van der Waals surface area contributed by atoms with Gasteiger partial charge in [-0.1, -0.05) is 0 Å². The lowest BCUT2D eigenvalue weighted by molar-refractivity contribution is -0.389. The molecule has 0 bridgehead atoms. The van der Waals surface area contributed by atoms with Crippen LogP contribution in [0.1, 0.15) is 23.7 Å². The van der Waals surface area contributed by atoms with E-state index >= 15 is 0 Å². The Morgan fingerprint density at radius 1 is 1.27 bits per heavy atom. The van der Waals surface area contributed by atoms with Crippen LogP contribution in [0, 0.1) is 10.1 Å². The molecule has 1 N–H and O–H groups in total. The summed E-state index contributed by atoms with van der Waals surface area (Å²) in [6.07, 6.45) is 1.58. The highest BCUT2D eigenvalue weighted by Crippen LogP contribution is 2.11. The zero-order chi connectivity index (χ0) is 16.1. The van der Waals surface area contributed by atoms with Crippen molar-refractivity contribution in [1.29, 1.82) is 0 Å². The SMILES string of the molecule is CC(=O)c1ccc(NC(=O)CCn2ccc([N+](=O)[O-])n2)cc1. The molecule has 0 spiro atoms. The molecule has 0 aliphatic carbocycles. The third kappa shape index (κ3) is 3.98. The smallest absolute Gasteiger partial charge is 0.358 e. The van der Waals surface area contributed by atoms with E-state index in [1.54, 1.807) is 24.3 Å². The third-order valence-electron chi connectivity index (χ3n) is 2.96. The fourth-order valence-corrected chi connectivity index (χ4v) is 1.80. The lowest BCUT2D eigenvalue weighted by Crippen LogP contribution is -2.14. The number of benzene rings is 1. The number of hydrogen-bond donors (Lipinski definition) is 1. The zero-order valence-electron chi connectivity index (χ0n) is 11.9. The van der Waals surface area contributed by atoms with E-state index in [1.165, 1.54) is 23.9 Å². The maximum absolute atomic E-state index is 11.8. The van der Waals surface area contributed by atoms with Gasteiger partial charge in [-0.2, -0.15) is 4.68 Å². The van der Waals surface area contributed by atoms with Crippen molar-refractivity contribution in [2.24, 2.45) is 0 Å². The molecule has 0 aliphatic rings. The van der Waals surface area contributed by atoms with E-state index in [9.17, 15) is 19.7 Å². The first kappa shape index (κ1) is 15.4. The van der Waals surface area contributed by atoms with Crippen molar-refractivity contribution in [3.8, 4) is 0 Å². The summed E-state index contributed by atoms with van der Waals surface area (Å²) in [6, 6.07) is 7.84. The molecule has 8 heteroatoms. The minimum absolute atomic E-state index is 0.0434. The molecule has 1 heterocycles. The van der Waals surface area contributed by atoms with Gasteiger partial charge in [-0.05, 0) is 36.1 Å². The van der Waals surface area contributed by atoms with E-state index in [4.69, 9.17) is 0 Å². The second-order valence-corrected chi connectivity index (χ2v) is 4.63. The molecule has 2 aromatic rings. The number of hydrogen-bond acceptors (Lipinski definition) is 5. The van der Waals surface area contributed by atoms with Crippen LogP contribution < -0.4 is 5.32 Å². The number of anilines is 1. The van der Waals surface area contributed by atoms with Gasteiger partial charge in [-0.3, -0.25) is 9.59 Å². The molecule has 0 radical (unpaired) electrons. The molecule has 2 rings (SSSR count). The van der Waals surface area contributed by atoms with Crippen molar-refractivity contribution in [3.05, 3.63) is 52.2 Å². The van der Waals surface area contributed by atoms with Gasteiger partial charge < -0.3 is 15.4 Å². The predicted molar refractivity (Wildman–Crippen MR) is 78.6 cm³/mol. The van der Waals surface area contributed by atoms with E-state index in [2.05, 4.69) is 10.4 Å².